The van der Waals surface area contributed by atoms with E-state index in [2.05, 4.69) is 4.98 Å². The second-order valence-electron chi connectivity index (χ2n) is 4.50. The Morgan fingerprint density at radius 1 is 1.37 bits per heavy atom. The molecule has 0 atom stereocenters. The van der Waals surface area contributed by atoms with Crippen molar-refractivity contribution in [1.29, 1.82) is 0 Å². The lowest BCUT2D eigenvalue weighted by Gasteiger charge is -2.04. The van der Waals surface area contributed by atoms with Crippen molar-refractivity contribution in [2.24, 2.45) is 0 Å². The monoisotopic (exact) mass is 262 g/mol. The summed E-state index contributed by atoms with van der Waals surface area (Å²) in [6.07, 6.45) is 4.94. The maximum Gasteiger partial charge on any atom is 0.335 e. The van der Waals surface area contributed by atoms with Crippen LogP contribution >= 0.6 is 0 Å². The molecule has 0 fully saturated rings. The first-order chi connectivity index (χ1) is 9.22. The number of nitrogens with zero attached hydrogens (tertiary/aromatic N) is 2. The highest BCUT2D eigenvalue weighted by Crippen LogP contribution is 2.16. The highest BCUT2D eigenvalue weighted by molar-refractivity contribution is 5.92. The minimum atomic E-state index is -0.908. The zero-order valence-corrected chi connectivity index (χ0v) is 11.0. The molecule has 102 valence electrons. The van der Waals surface area contributed by atoms with E-state index in [1.54, 1.807) is 31.6 Å². The maximum atomic E-state index is 11.0. The van der Waals surface area contributed by atoms with Crippen LogP contribution in [0.25, 0.3) is 11.0 Å². The van der Waals surface area contributed by atoms with Crippen molar-refractivity contribution >= 4 is 17.0 Å². The molecule has 1 aromatic heterocycles. The number of aromatic nitrogens is 2. The first-order valence-corrected chi connectivity index (χ1v) is 6.39. The minimum Gasteiger partial charge on any atom is -0.478 e. The van der Waals surface area contributed by atoms with Gasteiger partial charge in [0.1, 0.15) is 0 Å². The summed E-state index contributed by atoms with van der Waals surface area (Å²) in [6, 6.07) is 5.01. The molecular weight excluding hydrogens is 244 g/mol. The van der Waals surface area contributed by atoms with Crippen LogP contribution in [0.4, 0.5) is 0 Å². The zero-order valence-electron chi connectivity index (χ0n) is 11.0. The third-order valence-electron chi connectivity index (χ3n) is 3.12. The van der Waals surface area contributed by atoms with Crippen LogP contribution in [-0.4, -0.2) is 34.3 Å². The van der Waals surface area contributed by atoms with Gasteiger partial charge in [0.25, 0.3) is 0 Å². The molecule has 0 amide bonds. The van der Waals surface area contributed by atoms with Gasteiger partial charge in [-0.25, -0.2) is 9.78 Å². The molecule has 0 unspecified atom stereocenters. The van der Waals surface area contributed by atoms with Gasteiger partial charge in [0.05, 0.1) is 22.9 Å². The standard InChI is InChI=1S/C14H18N2O3/c1-19-8-4-2-3-7-16-10-15-12-6-5-11(14(17)18)9-13(12)16/h5-6,9-10H,2-4,7-8H2,1H3,(H,17,18). The predicted octanol–water partition coefficient (Wildman–Crippen LogP) is 2.55. The number of fused-ring (bicyclic) bond motifs is 1. The third-order valence-corrected chi connectivity index (χ3v) is 3.12. The van der Waals surface area contributed by atoms with Crippen LogP contribution in [0.5, 0.6) is 0 Å². The number of aromatic carboxylic acids is 1. The third kappa shape index (κ3) is 3.32. The number of rotatable bonds is 7. The number of ether oxygens (including phenoxy) is 1. The molecule has 0 radical (unpaired) electrons. The summed E-state index contributed by atoms with van der Waals surface area (Å²) in [5, 5.41) is 9.00. The van der Waals surface area contributed by atoms with E-state index in [0.717, 1.165) is 43.4 Å². The summed E-state index contributed by atoms with van der Waals surface area (Å²) in [5.41, 5.74) is 2.02. The number of hydrogen-bond donors (Lipinski definition) is 1. The summed E-state index contributed by atoms with van der Waals surface area (Å²) in [5.74, 6) is -0.908. The van der Waals surface area contributed by atoms with E-state index in [9.17, 15) is 4.79 Å². The van der Waals surface area contributed by atoms with Gasteiger partial charge in [-0.3, -0.25) is 0 Å². The fourth-order valence-corrected chi connectivity index (χ4v) is 2.07. The molecule has 5 heteroatoms. The number of benzene rings is 1. The van der Waals surface area contributed by atoms with Gasteiger partial charge in [-0.2, -0.15) is 0 Å². The quantitative estimate of drug-likeness (QED) is 0.779. The highest BCUT2D eigenvalue weighted by Gasteiger charge is 2.07. The minimum absolute atomic E-state index is 0.300. The summed E-state index contributed by atoms with van der Waals surface area (Å²) >= 11 is 0. The number of methoxy groups -OCH3 is 1. The van der Waals surface area contributed by atoms with Crippen LogP contribution in [0, 0.1) is 0 Å². The van der Waals surface area contributed by atoms with Gasteiger partial charge in [-0.1, -0.05) is 0 Å². The summed E-state index contributed by atoms with van der Waals surface area (Å²) < 4.78 is 7.02. The van der Waals surface area contributed by atoms with Gasteiger partial charge in [0.2, 0.25) is 0 Å². The SMILES string of the molecule is COCCCCCn1cnc2ccc(C(=O)O)cc21. The molecule has 2 aromatic rings. The largest absolute Gasteiger partial charge is 0.478 e. The molecule has 0 bridgehead atoms. The van der Waals surface area contributed by atoms with Crippen molar-refractivity contribution in [1.82, 2.24) is 9.55 Å². The van der Waals surface area contributed by atoms with E-state index in [-0.39, 0.29) is 0 Å². The zero-order chi connectivity index (χ0) is 13.7. The average molecular weight is 262 g/mol. The number of imidazole rings is 1. The molecular formula is C14H18N2O3. The van der Waals surface area contributed by atoms with E-state index in [0.29, 0.717) is 5.56 Å². The second-order valence-corrected chi connectivity index (χ2v) is 4.50. The Labute approximate surface area is 111 Å². The second kappa shape index (κ2) is 6.33. The Hall–Kier alpha value is -1.88. The van der Waals surface area contributed by atoms with Gasteiger partial charge < -0.3 is 14.4 Å². The lowest BCUT2D eigenvalue weighted by atomic mass is 10.2. The highest BCUT2D eigenvalue weighted by atomic mass is 16.5. The topological polar surface area (TPSA) is 64.4 Å². The number of carboxylic acids is 1. The molecule has 0 saturated carbocycles. The van der Waals surface area contributed by atoms with Crippen LogP contribution in [0.1, 0.15) is 29.6 Å². The number of aryl methyl sites for hydroxylation is 1. The van der Waals surface area contributed by atoms with Crippen molar-refractivity contribution in [3.63, 3.8) is 0 Å². The Bertz CT molecular complexity index is 563. The van der Waals surface area contributed by atoms with Gasteiger partial charge in [0.15, 0.2) is 0 Å². The molecule has 2 rings (SSSR count). The van der Waals surface area contributed by atoms with Crippen LogP contribution in [-0.2, 0) is 11.3 Å². The molecule has 1 N–H and O–H groups in total. The predicted molar refractivity (Wildman–Crippen MR) is 72.4 cm³/mol. The number of hydrogen-bond acceptors (Lipinski definition) is 3. The fourth-order valence-electron chi connectivity index (χ4n) is 2.07. The van der Waals surface area contributed by atoms with E-state index in [1.165, 1.54) is 0 Å². The number of carbonyl (C=O) groups is 1. The first-order valence-electron chi connectivity index (χ1n) is 6.39. The van der Waals surface area contributed by atoms with Gasteiger partial charge in [-0.05, 0) is 37.5 Å². The van der Waals surface area contributed by atoms with Crippen molar-refractivity contribution in [2.45, 2.75) is 25.8 Å². The Morgan fingerprint density at radius 2 is 2.21 bits per heavy atom. The summed E-state index contributed by atoms with van der Waals surface area (Å²) in [6.45, 7) is 1.64. The first kappa shape index (κ1) is 13.5. The molecule has 0 aliphatic heterocycles. The van der Waals surface area contributed by atoms with Crippen LogP contribution in [0.15, 0.2) is 24.5 Å². The van der Waals surface area contributed by atoms with Crippen molar-refractivity contribution in [3.8, 4) is 0 Å². The average Bonchev–Trinajstić information content (AvgIpc) is 2.81. The van der Waals surface area contributed by atoms with E-state index in [1.807, 2.05) is 4.57 Å². The van der Waals surface area contributed by atoms with Crippen molar-refractivity contribution in [3.05, 3.63) is 30.1 Å². The van der Waals surface area contributed by atoms with Crippen molar-refractivity contribution < 1.29 is 14.6 Å². The molecule has 0 aliphatic carbocycles. The number of carboxylic acid groups (broad SMARTS) is 1. The molecule has 0 saturated heterocycles. The smallest absolute Gasteiger partial charge is 0.335 e. The van der Waals surface area contributed by atoms with Gasteiger partial charge in [0, 0.05) is 20.3 Å². The molecule has 5 nitrogen and oxygen atoms in total. The molecule has 1 aromatic carbocycles. The van der Waals surface area contributed by atoms with E-state index < -0.39 is 5.97 Å². The van der Waals surface area contributed by atoms with Crippen LogP contribution in [0.3, 0.4) is 0 Å². The Balaban J connectivity index is 2.06. The fraction of sp³-hybridized carbons (Fsp3) is 0.429. The number of unbranched alkanes of at least 4 members (excludes halogenated alkanes) is 2. The Morgan fingerprint density at radius 3 is 2.95 bits per heavy atom. The van der Waals surface area contributed by atoms with Crippen LogP contribution < -0.4 is 0 Å². The molecule has 19 heavy (non-hydrogen) atoms. The Kier molecular flexibility index (Phi) is 4.52. The van der Waals surface area contributed by atoms with E-state index >= 15 is 0 Å². The summed E-state index contributed by atoms with van der Waals surface area (Å²) in [4.78, 5) is 15.2. The van der Waals surface area contributed by atoms with E-state index in [4.69, 9.17) is 9.84 Å². The lowest BCUT2D eigenvalue weighted by molar-refractivity contribution is 0.0697. The maximum absolute atomic E-state index is 11.0. The van der Waals surface area contributed by atoms with Gasteiger partial charge in [-0.15, -0.1) is 0 Å². The van der Waals surface area contributed by atoms with Crippen LogP contribution in [0.2, 0.25) is 0 Å². The van der Waals surface area contributed by atoms with Crippen molar-refractivity contribution in [2.75, 3.05) is 13.7 Å². The molecule has 0 spiro atoms. The van der Waals surface area contributed by atoms with Gasteiger partial charge >= 0.3 is 5.97 Å². The normalized spacial score (nSPS) is 11.0. The summed E-state index contributed by atoms with van der Waals surface area (Å²) in [7, 11) is 1.71. The molecule has 1 heterocycles. The molecule has 0 aliphatic rings. The lowest BCUT2D eigenvalue weighted by Crippen LogP contribution is -2.00.